The number of carboxylic acids is 1. The van der Waals surface area contributed by atoms with Crippen molar-refractivity contribution in [3.8, 4) is 0 Å². The third-order valence-electron chi connectivity index (χ3n) is 3.81. The molecule has 8 heteroatoms. The molecule has 26 heavy (non-hydrogen) atoms. The molecule has 0 spiro atoms. The van der Waals surface area contributed by atoms with Gasteiger partial charge in [-0.2, -0.15) is 0 Å². The molecule has 1 aliphatic rings. The minimum absolute atomic E-state index is 0.0781. The lowest BCUT2D eigenvalue weighted by Gasteiger charge is -2.16. The molecule has 0 radical (unpaired) electrons. The van der Waals surface area contributed by atoms with Gasteiger partial charge < -0.3 is 15.2 Å². The second-order valence-corrected chi connectivity index (χ2v) is 6.35. The highest BCUT2D eigenvalue weighted by molar-refractivity contribution is 6.53. The molecule has 0 saturated heterocycles. The van der Waals surface area contributed by atoms with E-state index in [1.807, 2.05) is 0 Å². The largest absolute Gasteiger partial charge is 0.545 e. The summed E-state index contributed by atoms with van der Waals surface area (Å²) in [5.74, 6) is -2.73. The first kappa shape index (κ1) is 18.0. The van der Waals surface area contributed by atoms with E-state index in [9.17, 15) is 19.5 Å². The van der Waals surface area contributed by atoms with Gasteiger partial charge in [-0.3, -0.25) is 9.59 Å². The van der Waals surface area contributed by atoms with Gasteiger partial charge in [0.25, 0.3) is 11.8 Å². The van der Waals surface area contributed by atoms with Crippen LogP contribution in [0.15, 0.2) is 53.2 Å². The molecule has 0 unspecified atom stereocenters. The Balaban J connectivity index is 1.93. The zero-order valence-electron chi connectivity index (χ0n) is 13.4. The number of nitrogens with zero attached hydrogens (tertiary/aromatic N) is 1. The number of anilines is 2. The van der Waals surface area contributed by atoms with Gasteiger partial charge in [0.2, 0.25) is 0 Å². The summed E-state index contributed by atoms with van der Waals surface area (Å²) >= 11 is 12.1. The Morgan fingerprint density at radius 3 is 2.46 bits per heavy atom. The zero-order valence-corrected chi connectivity index (χ0v) is 14.9. The van der Waals surface area contributed by atoms with E-state index in [4.69, 9.17) is 23.2 Å². The summed E-state index contributed by atoms with van der Waals surface area (Å²) in [6.45, 7) is 1.79. The van der Waals surface area contributed by atoms with E-state index in [0.717, 1.165) is 10.5 Å². The topological polar surface area (TPSA) is 89.5 Å². The summed E-state index contributed by atoms with van der Waals surface area (Å²) in [6, 6.07) is 10.4. The Hall–Kier alpha value is -2.83. The Kier molecular flexibility index (Phi) is 4.71. The predicted molar refractivity (Wildman–Crippen MR) is 96.0 cm³/mol. The minimum atomic E-state index is -1.36. The Labute approximate surface area is 158 Å². The van der Waals surface area contributed by atoms with Gasteiger partial charge in [-0.15, -0.1) is 0 Å². The lowest BCUT2D eigenvalue weighted by molar-refractivity contribution is -0.255. The lowest BCUT2D eigenvalue weighted by atomic mass is 10.2. The molecule has 2 amide bonds. The van der Waals surface area contributed by atoms with Crippen molar-refractivity contribution in [2.24, 2.45) is 0 Å². The average molecular weight is 390 g/mol. The first-order valence-corrected chi connectivity index (χ1v) is 8.18. The van der Waals surface area contributed by atoms with E-state index in [1.165, 1.54) is 30.3 Å². The molecular weight excluding hydrogens is 379 g/mol. The van der Waals surface area contributed by atoms with Crippen LogP contribution in [0.25, 0.3) is 0 Å². The van der Waals surface area contributed by atoms with Gasteiger partial charge in [-0.05, 0) is 42.3 Å². The van der Waals surface area contributed by atoms with Gasteiger partial charge >= 0.3 is 0 Å². The molecule has 132 valence electrons. The number of aromatic carboxylic acids is 1. The second-order valence-electron chi connectivity index (χ2n) is 5.56. The molecule has 0 bridgehead atoms. The fourth-order valence-corrected chi connectivity index (χ4v) is 2.82. The van der Waals surface area contributed by atoms with Crippen LogP contribution < -0.4 is 15.3 Å². The van der Waals surface area contributed by atoms with E-state index < -0.39 is 17.8 Å². The number of imide groups is 1. The summed E-state index contributed by atoms with van der Waals surface area (Å²) in [7, 11) is 0. The Morgan fingerprint density at radius 1 is 1.08 bits per heavy atom. The molecule has 0 aliphatic carbocycles. The molecule has 0 atom stereocenters. The number of amides is 2. The molecule has 0 fully saturated rings. The first-order valence-electron chi connectivity index (χ1n) is 7.42. The maximum atomic E-state index is 12.7. The van der Waals surface area contributed by atoms with Crippen LogP contribution in [0.2, 0.25) is 5.02 Å². The molecule has 1 aliphatic heterocycles. The average Bonchev–Trinajstić information content (AvgIpc) is 2.81. The zero-order chi connectivity index (χ0) is 19.0. The van der Waals surface area contributed by atoms with Gasteiger partial charge in [0.05, 0.1) is 11.7 Å². The van der Waals surface area contributed by atoms with E-state index >= 15 is 0 Å². The van der Waals surface area contributed by atoms with Crippen molar-refractivity contribution in [1.82, 2.24) is 0 Å². The van der Waals surface area contributed by atoms with Gasteiger partial charge in [0, 0.05) is 10.7 Å². The second kappa shape index (κ2) is 6.82. The van der Waals surface area contributed by atoms with E-state index in [-0.39, 0.29) is 27.7 Å². The Bertz CT molecular complexity index is 985. The maximum absolute atomic E-state index is 12.7. The minimum Gasteiger partial charge on any atom is -0.545 e. The van der Waals surface area contributed by atoms with Crippen LogP contribution in [0.1, 0.15) is 15.9 Å². The summed E-state index contributed by atoms with van der Waals surface area (Å²) in [5, 5.41) is 13.8. The molecule has 6 nitrogen and oxygen atoms in total. The van der Waals surface area contributed by atoms with Gasteiger partial charge in [0.15, 0.2) is 0 Å². The number of carboxylic acid groups (broad SMARTS) is 1. The van der Waals surface area contributed by atoms with Crippen LogP contribution >= 0.6 is 23.2 Å². The fourth-order valence-electron chi connectivity index (χ4n) is 2.43. The standard InChI is InChI=1S/C18H12Cl2N2O4/c1-9-5-6-12(8-13(9)19)22-16(23)14(20)15(17(22)24)21-11-4-2-3-10(7-11)18(25)26/h2-8,21H,1H3,(H,25,26)/p-1. The SMILES string of the molecule is Cc1ccc(N2C(=O)C(Cl)=C(Nc3cccc(C(=O)[O-])c3)C2=O)cc1Cl. The molecule has 0 aromatic heterocycles. The number of rotatable bonds is 4. The number of carbonyl (C=O) groups excluding carboxylic acids is 3. The van der Waals surface area contributed by atoms with Crippen molar-refractivity contribution >= 4 is 52.4 Å². The number of halogens is 2. The van der Waals surface area contributed by atoms with Crippen molar-refractivity contribution in [3.05, 3.63) is 69.3 Å². The van der Waals surface area contributed by atoms with Crippen LogP contribution in [0.5, 0.6) is 0 Å². The molecule has 1 heterocycles. The van der Waals surface area contributed by atoms with Gasteiger partial charge in [0.1, 0.15) is 10.7 Å². The van der Waals surface area contributed by atoms with Crippen LogP contribution in [0.4, 0.5) is 11.4 Å². The summed E-state index contributed by atoms with van der Waals surface area (Å²) in [6.07, 6.45) is 0. The smallest absolute Gasteiger partial charge is 0.283 e. The monoisotopic (exact) mass is 389 g/mol. The number of hydrogen-bond acceptors (Lipinski definition) is 5. The number of carbonyl (C=O) groups is 3. The van der Waals surface area contributed by atoms with E-state index in [1.54, 1.807) is 19.1 Å². The van der Waals surface area contributed by atoms with Crippen LogP contribution in [-0.4, -0.2) is 17.8 Å². The van der Waals surface area contributed by atoms with Crippen molar-refractivity contribution in [2.45, 2.75) is 6.92 Å². The normalized spacial score (nSPS) is 14.2. The number of hydrogen-bond donors (Lipinski definition) is 1. The van der Waals surface area contributed by atoms with Crippen molar-refractivity contribution in [3.63, 3.8) is 0 Å². The quantitative estimate of drug-likeness (QED) is 0.811. The fraction of sp³-hybridized carbons (Fsp3) is 0.0556. The molecule has 1 N–H and O–H groups in total. The molecule has 2 aromatic carbocycles. The molecule has 2 aromatic rings. The number of benzene rings is 2. The predicted octanol–water partition coefficient (Wildman–Crippen LogP) is 2.45. The molecule has 3 rings (SSSR count). The third kappa shape index (κ3) is 3.16. The number of nitrogens with one attached hydrogen (secondary N) is 1. The Morgan fingerprint density at radius 2 is 1.81 bits per heavy atom. The van der Waals surface area contributed by atoms with Crippen LogP contribution in [0.3, 0.4) is 0 Å². The highest BCUT2D eigenvalue weighted by atomic mass is 35.5. The maximum Gasteiger partial charge on any atom is 0.283 e. The highest BCUT2D eigenvalue weighted by Gasteiger charge is 2.39. The van der Waals surface area contributed by atoms with Crippen LogP contribution in [0, 0.1) is 6.92 Å². The van der Waals surface area contributed by atoms with Crippen molar-refractivity contribution in [1.29, 1.82) is 0 Å². The summed E-state index contributed by atoms with van der Waals surface area (Å²) in [5.41, 5.74) is 1.14. The van der Waals surface area contributed by atoms with E-state index in [0.29, 0.717) is 5.02 Å². The van der Waals surface area contributed by atoms with Gasteiger partial charge in [-0.25, -0.2) is 4.90 Å². The van der Waals surface area contributed by atoms with E-state index in [2.05, 4.69) is 5.32 Å². The molecular formula is C18H11Cl2N2O4-. The van der Waals surface area contributed by atoms with Crippen LogP contribution in [-0.2, 0) is 9.59 Å². The highest BCUT2D eigenvalue weighted by Crippen LogP contribution is 2.32. The van der Waals surface area contributed by atoms with Crippen molar-refractivity contribution < 1.29 is 19.5 Å². The third-order valence-corrected chi connectivity index (χ3v) is 4.57. The van der Waals surface area contributed by atoms with Crippen molar-refractivity contribution in [2.75, 3.05) is 10.2 Å². The first-order chi connectivity index (χ1) is 12.3. The lowest BCUT2D eigenvalue weighted by Crippen LogP contribution is -2.32. The molecule has 0 saturated carbocycles. The summed E-state index contributed by atoms with van der Waals surface area (Å²) < 4.78 is 0. The van der Waals surface area contributed by atoms with Gasteiger partial charge in [-0.1, -0.05) is 41.4 Å². The summed E-state index contributed by atoms with van der Waals surface area (Å²) in [4.78, 5) is 36.9. The number of aryl methyl sites for hydroxylation is 1.